The third kappa shape index (κ3) is 6.24. The first kappa shape index (κ1) is 24.1. The van der Waals surface area contributed by atoms with Crippen molar-refractivity contribution < 1.29 is 28.5 Å². The number of hydrogen-bond donors (Lipinski definition) is 2. The van der Waals surface area contributed by atoms with Gasteiger partial charge in [-0.15, -0.1) is 0 Å². The quantitative estimate of drug-likeness (QED) is 0.117. The van der Waals surface area contributed by atoms with Crippen LogP contribution in [0, 0.1) is 6.92 Å². The van der Waals surface area contributed by atoms with E-state index >= 15 is 0 Å². The van der Waals surface area contributed by atoms with Crippen LogP contribution in [0.5, 0.6) is 5.75 Å². The average Bonchev–Trinajstić information content (AvgIpc) is 3.16. The highest BCUT2D eigenvalue weighted by molar-refractivity contribution is 6.39. The van der Waals surface area contributed by atoms with Gasteiger partial charge < -0.3 is 24.1 Å². The van der Waals surface area contributed by atoms with Crippen molar-refractivity contribution in [2.45, 2.75) is 18.4 Å². The number of allylic oxidation sites excluding steroid dienone is 3. The first-order valence-corrected chi connectivity index (χ1v) is 9.50. The first-order valence-electron chi connectivity index (χ1n) is 9.50. The van der Waals surface area contributed by atoms with Crippen molar-refractivity contribution in [1.29, 1.82) is 0 Å². The van der Waals surface area contributed by atoms with Crippen molar-refractivity contribution >= 4 is 33.1 Å². The van der Waals surface area contributed by atoms with Gasteiger partial charge in [0.1, 0.15) is 56.8 Å². The summed E-state index contributed by atoms with van der Waals surface area (Å²) in [5.74, 6) is -2.99. The van der Waals surface area contributed by atoms with Crippen LogP contribution in [0.15, 0.2) is 58.6 Å². The van der Waals surface area contributed by atoms with Crippen molar-refractivity contribution in [3.05, 3.63) is 54.8 Å². The molecular weight excluding hydrogens is 431 g/mol. The zero-order valence-corrected chi connectivity index (χ0v) is 17.6. The van der Waals surface area contributed by atoms with Crippen molar-refractivity contribution in [2.75, 3.05) is 13.2 Å². The van der Waals surface area contributed by atoms with E-state index < -0.39 is 11.4 Å². The number of ether oxygens (including phenoxy) is 2. The molecule has 0 amide bonds. The van der Waals surface area contributed by atoms with Crippen molar-refractivity contribution in [3.8, 4) is 17.3 Å². The summed E-state index contributed by atoms with van der Waals surface area (Å²) in [6, 6.07) is 3.39. The number of nitrogens with zero attached hydrogens (tertiary/aromatic N) is 5. The monoisotopic (exact) mass is 449 g/mol. The van der Waals surface area contributed by atoms with E-state index in [9.17, 15) is 14.6 Å². The molecule has 0 saturated carbocycles. The minimum absolute atomic E-state index is 0.130. The van der Waals surface area contributed by atoms with Crippen LogP contribution in [0.1, 0.15) is 5.69 Å². The van der Waals surface area contributed by atoms with Gasteiger partial charge in [0, 0.05) is 11.8 Å². The Kier molecular flexibility index (Phi) is 7.24. The third-order valence-electron chi connectivity index (χ3n) is 3.99. The number of fused-ring (bicyclic) bond motifs is 1. The number of alkyl halides is 1. The number of oxazole rings is 1. The summed E-state index contributed by atoms with van der Waals surface area (Å²) < 4.78 is 29.3. The molecule has 0 fully saturated rings. The van der Waals surface area contributed by atoms with E-state index in [2.05, 4.69) is 36.2 Å². The number of pyridine rings is 1. The molecule has 3 aromatic rings. The molecule has 0 aliphatic carbocycles. The van der Waals surface area contributed by atoms with Gasteiger partial charge in [0.05, 0.1) is 19.0 Å². The fraction of sp³-hybridized carbons (Fsp3) is 0.250. The summed E-state index contributed by atoms with van der Waals surface area (Å²) in [4.78, 5) is 20.7. The maximum atomic E-state index is 13.4. The van der Waals surface area contributed by atoms with E-state index in [1.165, 1.54) is 24.7 Å². The van der Waals surface area contributed by atoms with Crippen LogP contribution in [0.4, 0.5) is 4.39 Å². The van der Waals surface area contributed by atoms with Gasteiger partial charge in [-0.25, -0.2) is 19.9 Å². The van der Waals surface area contributed by atoms with E-state index in [0.717, 1.165) is 11.9 Å². The molecule has 4 radical (unpaired) electrons. The van der Waals surface area contributed by atoms with Crippen LogP contribution in [-0.2, 0) is 4.74 Å². The van der Waals surface area contributed by atoms with Gasteiger partial charge in [-0.2, -0.15) is 0 Å². The lowest BCUT2D eigenvalue weighted by Gasteiger charge is -2.32. The molecule has 3 rings (SSSR count). The van der Waals surface area contributed by atoms with Gasteiger partial charge in [-0.3, -0.25) is 9.38 Å². The molecular formula is C20H18B2FN5O5. The second-order valence-corrected chi connectivity index (χ2v) is 6.73. The van der Waals surface area contributed by atoms with E-state index in [0.29, 0.717) is 28.6 Å². The molecule has 0 saturated heterocycles. The maximum Gasteiger partial charge on any atom is 0.339 e. The van der Waals surface area contributed by atoms with Crippen LogP contribution in [-0.4, -0.2) is 76.6 Å². The van der Waals surface area contributed by atoms with Gasteiger partial charge in [0.2, 0.25) is 11.6 Å². The molecule has 13 heteroatoms. The van der Waals surface area contributed by atoms with Crippen molar-refractivity contribution in [3.63, 3.8) is 0 Å². The van der Waals surface area contributed by atoms with Crippen LogP contribution in [0.25, 0.3) is 22.8 Å². The number of hydrogen-bond acceptors (Lipinski definition) is 10. The van der Waals surface area contributed by atoms with Gasteiger partial charge in [0.15, 0.2) is 0 Å². The lowest BCUT2D eigenvalue weighted by molar-refractivity contribution is -0.342. The largest absolute Gasteiger partial charge is 0.490 e. The Balaban J connectivity index is 1.59. The van der Waals surface area contributed by atoms with Gasteiger partial charge in [-0.05, 0) is 19.1 Å². The molecule has 0 aromatic carbocycles. The fourth-order valence-corrected chi connectivity index (χ4v) is 2.40. The molecule has 166 valence electrons. The average molecular weight is 449 g/mol. The Morgan fingerprint density at radius 1 is 1.30 bits per heavy atom. The van der Waals surface area contributed by atoms with Gasteiger partial charge in [-0.1, -0.05) is 12.7 Å². The summed E-state index contributed by atoms with van der Waals surface area (Å²) >= 11 is 0. The van der Waals surface area contributed by atoms with E-state index in [4.69, 9.17) is 24.8 Å². The molecule has 0 aliphatic rings. The number of halogens is 1. The van der Waals surface area contributed by atoms with Crippen LogP contribution >= 0.6 is 0 Å². The summed E-state index contributed by atoms with van der Waals surface area (Å²) in [5, 5.41) is 19.0. The maximum absolute atomic E-state index is 13.4. The summed E-state index contributed by atoms with van der Waals surface area (Å²) in [7, 11) is 9.65. The fourth-order valence-electron chi connectivity index (χ4n) is 2.40. The minimum atomic E-state index is -3.48. The molecule has 0 bridgehead atoms. The second kappa shape index (κ2) is 9.92. The lowest BCUT2D eigenvalue weighted by Crippen LogP contribution is -2.54. The Morgan fingerprint density at radius 3 is 2.79 bits per heavy atom. The molecule has 0 spiro atoms. The topological polar surface area (TPSA) is 136 Å². The normalized spacial score (nSPS) is 12.9. The Morgan fingerprint density at radius 2 is 2.09 bits per heavy atom. The lowest BCUT2D eigenvalue weighted by atomic mass is 9.65. The van der Waals surface area contributed by atoms with E-state index in [-0.39, 0.29) is 18.9 Å². The third-order valence-corrected chi connectivity index (χ3v) is 3.99. The van der Waals surface area contributed by atoms with Crippen LogP contribution in [0.2, 0.25) is 0 Å². The number of aliphatic imine (C=N–C) groups is 1. The molecule has 10 nitrogen and oxygen atoms in total. The Bertz CT molecular complexity index is 1190. The Labute approximate surface area is 190 Å². The van der Waals surface area contributed by atoms with Crippen molar-refractivity contribution in [2.24, 2.45) is 4.99 Å². The molecule has 3 heterocycles. The van der Waals surface area contributed by atoms with Gasteiger partial charge >= 0.3 is 5.97 Å². The first-order chi connectivity index (χ1) is 15.6. The smallest absolute Gasteiger partial charge is 0.339 e. The molecule has 33 heavy (non-hydrogen) atoms. The molecule has 3 aromatic heterocycles. The summed E-state index contributed by atoms with van der Waals surface area (Å²) in [6.45, 7) is 5.53. The standard InChI is InChI=1S/C20H18B2FN5O5/c1-3-4-13(33-20(29,30)19(21,22)23)9-24-5-6-31-14-8-16-17(25-10-14)32-18(28-16)15-7-12(2)26-11-27-15/h3-4,7-11,29-30H,1,5-6H2,2H3/b13-4+,24-9?. The minimum Gasteiger partial charge on any atom is -0.490 e. The van der Waals surface area contributed by atoms with Crippen LogP contribution in [0.3, 0.4) is 0 Å². The van der Waals surface area contributed by atoms with Crippen LogP contribution < -0.4 is 4.74 Å². The highest BCUT2D eigenvalue weighted by Crippen LogP contribution is 2.24. The predicted molar refractivity (Wildman–Crippen MR) is 118 cm³/mol. The second-order valence-electron chi connectivity index (χ2n) is 6.73. The predicted octanol–water partition coefficient (Wildman–Crippen LogP) is 1.12. The summed E-state index contributed by atoms with van der Waals surface area (Å²) in [6.07, 6.45) is 6.46. The SMILES string of the molecule is [B]C([B])(F)C(O)(O)O/C(C=NCCOc1cnc2oc(-c3cc(C)ncn3)nc2c1)=C/C=C. The zero-order chi connectivity index (χ0) is 24.1. The van der Waals surface area contributed by atoms with Crippen molar-refractivity contribution in [1.82, 2.24) is 19.9 Å². The molecule has 0 unspecified atom stereocenters. The van der Waals surface area contributed by atoms with E-state index in [1.54, 1.807) is 12.1 Å². The summed E-state index contributed by atoms with van der Waals surface area (Å²) in [5.41, 5.74) is -1.32. The highest BCUT2D eigenvalue weighted by Gasteiger charge is 2.44. The molecule has 2 N–H and O–H groups in total. The highest BCUT2D eigenvalue weighted by atomic mass is 19.1. The number of rotatable bonds is 10. The zero-order valence-electron chi connectivity index (χ0n) is 17.6. The molecule has 0 aliphatic heterocycles. The Hall–Kier alpha value is -3.57. The van der Waals surface area contributed by atoms with E-state index in [1.807, 2.05) is 6.92 Å². The number of aliphatic hydroxyl groups is 2. The number of aryl methyl sites for hydroxylation is 1. The number of aromatic nitrogens is 4. The van der Waals surface area contributed by atoms with Gasteiger partial charge in [0.25, 0.3) is 0 Å². The molecule has 0 atom stereocenters.